The van der Waals surface area contributed by atoms with Crippen LogP contribution in [0.4, 0.5) is 10.1 Å². The van der Waals surface area contributed by atoms with Gasteiger partial charge in [-0.3, -0.25) is 4.79 Å². The Balaban J connectivity index is 1.99. The van der Waals surface area contributed by atoms with Crippen LogP contribution < -0.4 is 5.32 Å². The number of hydrogen-bond donors (Lipinski definition) is 1. The third-order valence-electron chi connectivity index (χ3n) is 2.61. The fraction of sp³-hybridized carbons (Fsp3) is 0.133. The zero-order valence-corrected chi connectivity index (χ0v) is 12.3. The highest BCUT2D eigenvalue weighted by molar-refractivity contribution is 8.00. The minimum atomic E-state index is -0.503. The maximum Gasteiger partial charge on any atom is 0.237 e. The Hall–Kier alpha value is -1.52. The lowest BCUT2D eigenvalue weighted by Gasteiger charge is -2.12. The summed E-state index contributed by atoms with van der Waals surface area (Å²) < 4.78 is 13.0. The van der Waals surface area contributed by atoms with E-state index in [1.807, 2.05) is 37.3 Å². The van der Waals surface area contributed by atoms with Crippen molar-refractivity contribution >= 4 is 35.0 Å². The Morgan fingerprint density at radius 1 is 1.25 bits per heavy atom. The fourth-order valence-corrected chi connectivity index (χ4v) is 2.64. The third kappa shape index (κ3) is 3.99. The third-order valence-corrected chi connectivity index (χ3v) is 4.01. The van der Waals surface area contributed by atoms with E-state index < -0.39 is 5.82 Å². The summed E-state index contributed by atoms with van der Waals surface area (Å²) in [6.07, 6.45) is 0. The van der Waals surface area contributed by atoms with Gasteiger partial charge in [0.15, 0.2) is 0 Å². The number of amides is 1. The molecular formula is C15H13ClFNOS. The normalized spacial score (nSPS) is 11.9. The molecule has 0 bridgehead atoms. The second-order valence-corrected chi connectivity index (χ2v) is 6.01. The van der Waals surface area contributed by atoms with Crippen LogP contribution in [0.1, 0.15) is 6.92 Å². The van der Waals surface area contributed by atoms with Gasteiger partial charge in [0.25, 0.3) is 0 Å². The van der Waals surface area contributed by atoms with Crippen LogP contribution in [-0.2, 0) is 4.79 Å². The number of anilines is 1. The number of halogens is 2. The summed E-state index contributed by atoms with van der Waals surface area (Å²) in [4.78, 5) is 13.1. The molecule has 5 heteroatoms. The molecule has 1 unspecified atom stereocenters. The van der Waals surface area contributed by atoms with E-state index in [2.05, 4.69) is 5.32 Å². The van der Waals surface area contributed by atoms with Crippen LogP contribution >= 0.6 is 23.4 Å². The van der Waals surface area contributed by atoms with E-state index in [-0.39, 0.29) is 16.2 Å². The predicted molar refractivity (Wildman–Crippen MR) is 81.8 cm³/mol. The van der Waals surface area contributed by atoms with Gasteiger partial charge in [-0.1, -0.05) is 29.8 Å². The van der Waals surface area contributed by atoms with E-state index in [4.69, 9.17) is 11.6 Å². The first kappa shape index (κ1) is 14.9. The number of benzene rings is 2. The van der Waals surface area contributed by atoms with Crippen LogP contribution in [0.3, 0.4) is 0 Å². The van der Waals surface area contributed by atoms with Crippen LogP contribution in [0.5, 0.6) is 0 Å². The molecule has 2 aromatic carbocycles. The van der Waals surface area contributed by atoms with E-state index in [0.717, 1.165) is 4.90 Å². The van der Waals surface area contributed by atoms with Crippen LogP contribution in [0.25, 0.3) is 0 Å². The van der Waals surface area contributed by atoms with Crippen molar-refractivity contribution in [2.45, 2.75) is 17.1 Å². The molecule has 1 atom stereocenters. The highest BCUT2D eigenvalue weighted by atomic mass is 35.5. The van der Waals surface area contributed by atoms with Crippen molar-refractivity contribution in [2.75, 3.05) is 5.32 Å². The lowest BCUT2D eigenvalue weighted by atomic mass is 10.3. The van der Waals surface area contributed by atoms with Crippen molar-refractivity contribution in [3.8, 4) is 0 Å². The van der Waals surface area contributed by atoms with Crippen LogP contribution in [0, 0.1) is 5.82 Å². The summed E-state index contributed by atoms with van der Waals surface area (Å²) >= 11 is 7.13. The second kappa shape index (κ2) is 6.77. The standard InChI is InChI=1S/C15H13ClFNOS/c1-10(20-12-5-3-2-4-6-12)15(19)18-11-7-8-14(17)13(16)9-11/h2-10H,1H3,(H,18,19). The lowest BCUT2D eigenvalue weighted by Crippen LogP contribution is -2.22. The van der Waals surface area contributed by atoms with Crippen molar-refractivity contribution in [3.05, 3.63) is 59.4 Å². The van der Waals surface area contributed by atoms with E-state index in [1.54, 1.807) is 0 Å². The van der Waals surface area contributed by atoms with Crippen LogP contribution in [0.15, 0.2) is 53.4 Å². The minimum Gasteiger partial charge on any atom is -0.325 e. The summed E-state index contributed by atoms with van der Waals surface area (Å²) in [5.41, 5.74) is 0.488. The topological polar surface area (TPSA) is 29.1 Å². The van der Waals surface area contributed by atoms with E-state index >= 15 is 0 Å². The first-order valence-electron chi connectivity index (χ1n) is 6.04. The van der Waals surface area contributed by atoms with Gasteiger partial charge in [-0.15, -0.1) is 11.8 Å². The van der Waals surface area contributed by atoms with Crippen LogP contribution in [0.2, 0.25) is 5.02 Å². The highest BCUT2D eigenvalue weighted by Gasteiger charge is 2.14. The van der Waals surface area contributed by atoms with Gasteiger partial charge in [-0.2, -0.15) is 0 Å². The fourth-order valence-electron chi connectivity index (χ4n) is 1.57. The molecule has 0 fully saturated rings. The maximum atomic E-state index is 13.0. The van der Waals surface area contributed by atoms with Crippen molar-refractivity contribution < 1.29 is 9.18 Å². The molecule has 0 aliphatic rings. The molecule has 0 radical (unpaired) electrons. The van der Waals surface area contributed by atoms with Gasteiger partial charge in [-0.25, -0.2) is 4.39 Å². The summed E-state index contributed by atoms with van der Waals surface area (Å²) in [6.45, 7) is 1.82. The number of thioether (sulfide) groups is 1. The zero-order chi connectivity index (χ0) is 14.5. The zero-order valence-electron chi connectivity index (χ0n) is 10.8. The van der Waals surface area contributed by atoms with Gasteiger partial charge in [-0.05, 0) is 37.3 Å². The molecule has 2 aromatic rings. The Labute approximate surface area is 126 Å². The molecule has 1 N–H and O–H groups in total. The molecule has 2 rings (SSSR count). The summed E-state index contributed by atoms with van der Waals surface area (Å²) in [7, 11) is 0. The summed E-state index contributed by atoms with van der Waals surface area (Å²) in [5, 5.41) is 2.45. The molecule has 0 aliphatic heterocycles. The molecule has 0 heterocycles. The van der Waals surface area contributed by atoms with Crippen molar-refractivity contribution in [1.82, 2.24) is 0 Å². The molecule has 0 aliphatic carbocycles. The molecule has 0 aromatic heterocycles. The second-order valence-electron chi connectivity index (χ2n) is 4.19. The Morgan fingerprint density at radius 2 is 1.95 bits per heavy atom. The molecule has 0 saturated carbocycles. The van der Waals surface area contributed by atoms with E-state index in [9.17, 15) is 9.18 Å². The van der Waals surface area contributed by atoms with Crippen molar-refractivity contribution in [1.29, 1.82) is 0 Å². The number of carbonyl (C=O) groups excluding carboxylic acids is 1. The number of nitrogens with one attached hydrogen (secondary N) is 1. The van der Waals surface area contributed by atoms with Crippen molar-refractivity contribution in [3.63, 3.8) is 0 Å². The minimum absolute atomic E-state index is 0.00818. The molecule has 2 nitrogen and oxygen atoms in total. The van der Waals surface area contributed by atoms with Gasteiger partial charge in [0, 0.05) is 10.6 Å². The number of carbonyl (C=O) groups is 1. The first-order chi connectivity index (χ1) is 9.56. The monoisotopic (exact) mass is 309 g/mol. The summed E-state index contributed by atoms with van der Waals surface area (Å²) in [5.74, 6) is -0.655. The van der Waals surface area contributed by atoms with Gasteiger partial charge in [0.2, 0.25) is 5.91 Å². The van der Waals surface area contributed by atoms with Crippen LogP contribution in [-0.4, -0.2) is 11.2 Å². The predicted octanol–water partition coefficient (Wildman–Crippen LogP) is 4.60. The molecule has 20 heavy (non-hydrogen) atoms. The summed E-state index contributed by atoms with van der Waals surface area (Å²) in [6, 6.07) is 13.8. The molecule has 104 valence electrons. The Kier molecular flexibility index (Phi) is 5.04. The number of rotatable bonds is 4. The Morgan fingerprint density at radius 3 is 2.60 bits per heavy atom. The van der Waals surface area contributed by atoms with Crippen molar-refractivity contribution in [2.24, 2.45) is 0 Å². The first-order valence-corrected chi connectivity index (χ1v) is 7.29. The number of hydrogen-bond acceptors (Lipinski definition) is 2. The average Bonchev–Trinajstić information content (AvgIpc) is 2.44. The highest BCUT2D eigenvalue weighted by Crippen LogP contribution is 2.24. The van der Waals surface area contributed by atoms with Gasteiger partial charge in [0.1, 0.15) is 5.82 Å². The maximum absolute atomic E-state index is 13.0. The molecule has 0 spiro atoms. The average molecular weight is 310 g/mol. The van der Waals surface area contributed by atoms with Gasteiger partial charge < -0.3 is 5.32 Å². The van der Waals surface area contributed by atoms with E-state index in [1.165, 1.54) is 30.0 Å². The Bertz CT molecular complexity index is 606. The largest absolute Gasteiger partial charge is 0.325 e. The smallest absolute Gasteiger partial charge is 0.237 e. The quantitative estimate of drug-likeness (QED) is 0.836. The van der Waals surface area contributed by atoms with E-state index in [0.29, 0.717) is 5.69 Å². The van der Waals surface area contributed by atoms with Gasteiger partial charge in [0.05, 0.1) is 10.3 Å². The molecular weight excluding hydrogens is 297 g/mol. The molecule has 1 amide bonds. The van der Waals surface area contributed by atoms with Gasteiger partial charge >= 0.3 is 0 Å². The SMILES string of the molecule is CC(Sc1ccccc1)C(=O)Nc1ccc(F)c(Cl)c1. The molecule has 0 saturated heterocycles. The lowest BCUT2D eigenvalue weighted by molar-refractivity contribution is -0.115.